The van der Waals surface area contributed by atoms with Crippen LogP contribution >= 0.6 is 11.6 Å². The number of allylic oxidation sites excluding steroid dienone is 2. The summed E-state index contributed by atoms with van der Waals surface area (Å²) in [5, 5.41) is 7.61. The maximum absolute atomic E-state index is 14.4. The van der Waals surface area contributed by atoms with Crippen LogP contribution in [0.4, 0.5) is 18.9 Å². The van der Waals surface area contributed by atoms with Gasteiger partial charge in [-0.15, -0.1) is 0 Å². The van der Waals surface area contributed by atoms with Gasteiger partial charge in [0, 0.05) is 34.2 Å². The lowest BCUT2D eigenvalue weighted by Crippen LogP contribution is -2.51. The normalized spacial score (nSPS) is 15.5. The Labute approximate surface area is 320 Å². The Balaban J connectivity index is 0.000000407. The number of amides is 2. The number of hydrogen-bond donors (Lipinski definition) is 2. The second-order valence-electron chi connectivity index (χ2n) is 13.5. The predicted molar refractivity (Wildman–Crippen MR) is 205 cm³/mol. The number of aromatic nitrogens is 2. The van der Waals surface area contributed by atoms with Crippen molar-refractivity contribution in [2.45, 2.75) is 33.0 Å². The Morgan fingerprint density at radius 3 is 2.24 bits per heavy atom. The number of ketones is 2. The number of nitrogens with zero attached hydrogens (tertiary/aromatic N) is 2. The molecule has 1 aliphatic carbocycles. The van der Waals surface area contributed by atoms with Crippen molar-refractivity contribution < 1.29 is 37.1 Å². The van der Waals surface area contributed by atoms with E-state index in [4.69, 9.17) is 22.1 Å². The molecule has 284 valence electrons. The van der Waals surface area contributed by atoms with Crippen LogP contribution in [0.2, 0.25) is 5.02 Å². The van der Waals surface area contributed by atoms with E-state index in [9.17, 15) is 32.3 Å². The molecule has 3 N–H and O–H groups in total. The number of carbonyl (C=O) groups is 4. The van der Waals surface area contributed by atoms with E-state index in [0.717, 1.165) is 27.9 Å². The van der Waals surface area contributed by atoms with E-state index < -0.39 is 58.1 Å². The lowest BCUT2D eigenvalue weighted by molar-refractivity contribution is -0.138. The molecule has 2 amide bonds. The quantitative estimate of drug-likeness (QED) is 0.108. The maximum atomic E-state index is 14.4. The molecular formula is C42H38ClF3N4O5. The highest BCUT2D eigenvalue weighted by molar-refractivity contribution is 6.45. The van der Waals surface area contributed by atoms with Crippen LogP contribution in [0.5, 0.6) is 0 Å². The summed E-state index contributed by atoms with van der Waals surface area (Å²) < 4.78 is 47.8. The average Bonchev–Trinajstić information content (AvgIpc) is 3.65. The van der Waals surface area contributed by atoms with Crippen LogP contribution in [0.1, 0.15) is 56.0 Å². The molecular weight excluding hydrogens is 733 g/mol. The van der Waals surface area contributed by atoms with Crippen molar-refractivity contribution in [3.05, 3.63) is 154 Å². The van der Waals surface area contributed by atoms with Crippen molar-refractivity contribution in [2.75, 3.05) is 18.6 Å². The summed E-state index contributed by atoms with van der Waals surface area (Å²) in [6.07, 6.45) is 1.67. The molecule has 55 heavy (non-hydrogen) atoms. The fourth-order valence-electron chi connectivity index (χ4n) is 6.66. The van der Waals surface area contributed by atoms with E-state index in [0.29, 0.717) is 16.7 Å². The smallest absolute Gasteiger partial charge is 0.384 e. The molecule has 2 unspecified atom stereocenters. The number of Topliss-reactive ketones (excluding diaryl/α,β-unsaturated/α-hetero) is 2. The molecule has 0 fully saturated rings. The van der Waals surface area contributed by atoms with Gasteiger partial charge < -0.3 is 15.4 Å². The molecule has 1 aromatic heterocycles. The molecule has 0 spiro atoms. The second-order valence-corrected chi connectivity index (χ2v) is 13.9. The van der Waals surface area contributed by atoms with Gasteiger partial charge in [0.1, 0.15) is 0 Å². The zero-order chi connectivity index (χ0) is 40.1. The van der Waals surface area contributed by atoms with Gasteiger partial charge in [-0.05, 0) is 54.5 Å². The third kappa shape index (κ3) is 8.61. The predicted octanol–water partition coefficient (Wildman–Crippen LogP) is 8.58. The van der Waals surface area contributed by atoms with Crippen molar-refractivity contribution in [1.82, 2.24) is 10.2 Å². The minimum Gasteiger partial charge on any atom is -0.384 e. The maximum Gasteiger partial charge on any atom is 0.417 e. The summed E-state index contributed by atoms with van der Waals surface area (Å²) in [5.74, 6) is -4.26. The van der Waals surface area contributed by atoms with Crippen molar-refractivity contribution in [2.24, 2.45) is 17.1 Å². The minimum atomic E-state index is -4.83. The highest BCUT2D eigenvalue weighted by Crippen LogP contribution is 2.43. The fraction of sp³-hybridized carbons (Fsp3) is 0.214. The van der Waals surface area contributed by atoms with Crippen LogP contribution in [0.15, 0.2) is 121 Å². The van der Waals surface area contributed by atoms with Gasteiger partial charge in [0.25, 0.3) is 5.91 Å². The molecule has 1 heterocycles. The van der Waals surface area contributed by atoms with Crippen LogP contribution in [-0.2, 0) is 15.7 Å². The first kappa shape index (κ1) is 40.3. The number of methoxy groups -OCH3 is 1. The molecule has 0 saturated carbocycles. The van der Waals surface area contributed by atoms with E-state index in [-0.39, 0.29) is 22.9 Å². The Bertz CT molecular complexity index is 2300. The van der Waals surface area contributed by atoms with E-state index >= 15 is 0 Å². The van der Waals surface area contributed by atoms with Gasteiger partial charge in [-0.2, -0.15) is 18.3 Å². The largest absolute Gasteiger partial charge is 0.417 e. The summed E-state index contributed by atoms with van der Waals surface area (Å²) in [5.41, 5.74) is 5.25. The van der Waals surface area contributed by atoms with Crippen molar-refractivity contribution >= 4 is 51.6 Å². The highest BCUT2D eigenvalue weighted by atomic mass is 35.5. The number of nitrogens with two attached hydrogens (primary N) is 1. The number of nitrogens with one attached hydrogen (secondary N) is 1. The number of halogens is 4. The van der Waals surface area contributed by atoms with Gasteiger partial charge in [-0.3, -0.25) is 24.3 Å². The number of anilines is 1. The van der Waals surface area contributed by atoms with Crippen molar-refractivity contribution in [1.29, 1.82) is 0 Å². The molecule has 0 aliphatic heterocycles. The van der Waals surface area contributed by atoms with Crippen LogP contribution in [0.3, 0.4) is 0 Å². The first-order valence-electron chi connectivity index (χ1n) is 17.1. The van der Waals surface area contributed by atoms with Crippen molar-refractivity contribution in [3.8, 4) is 0 Å². The third-order valence-corrected chi connectivity index (χ3v) is 9.73. The Kier molecular flexibility index (Phi) is 12.2. The van der Waals surface area contributed by atoms with Gasteiger partial charge >= 0.3 is 6.18 Å². The third-order valence-electron chi connectivity index (χ3n) is 9.32. The van der Waals surface area contributed by atoms with E-state index in [1.165, 1.54) is 31.4 Å². The zero-order valence-electron chi connectivity index (χ0n) is 30.4. The highest BCUT2D eigenvalue weighted by Gasteiger charge is 2.46. The summed E-state index contributed by atoms with van der Waals surface area (Å²) in [7, 11) is 1.50. The number of benzene rings is 4. The van der Waals surface area contributed by atoms with Gasteiger partial charge in [0.05, 0.1) is 47.0 Å². The van der Waals surface area contributed by atoms with Gasteiger partial charge in [-0.1, -0.05) is 98.3 Å². The van der Waals surface area contributed by atoms with Gasteiger partial charge in [-0.25, -0.2) is 0 Å². The lowest BCUT2D eigenvalue weighted by Gasteiger charge is -2.42. The topological polar surface area (TPSA) is 135 Å². The number of alkyl halides is 3. The Hall–Kier alpha value is -5.85. The number of carbonyl (C=O) groups excluding carboxylic acids is 4. The lowest BCUT2D eigenvalue weighted by atomic mass is 9.69. The first-order valence-corrected chi connectivity index (χ1v) is 17.4. The molecule has 1 aliphatic rings. The van der Waals surface area contributed by atoms with Crippen LogP contribution in [0.25, 0.3) is 10.9 Å². The van der Waals surface area contributed by atoms with Crippen LogP contribution in [0, 0.1) is 18.3 Å². The van der Waals surface area contributed by atoms with E-state index in [2.05, 4.69) is 10.2 Å². The van der Waals surface area contributed by atoms with Gasteiger partial charge in [0.2, 0.25) is 17.5 Å². The summed E-state index contributed by atoms with van der Waals surface area (Å²) in [4.78, 5) is 54.3. The molecule has 2 atom stereocenters. The minimum absolute atomic E-state index is 0.156. The summed E-state index contributed by atoms with van der Waals surface area (Å²) in [6, 6.07) is 21.3. The van der Waals surface area contributed by atoms with Crippen LogP contribution < -0.4 is 10.6 Å². The second kappa shape index (κ2) is 16.7. The van der Waals surface area contributed by atoms with Crippen molar-refractivity contribution in [3.63, 3.8) is 0 Å². The first-order chi connectivity index (χ1) is 26.1. The average molecular weight is 771 g/mol. The van der Waals surface area contributed by atoms with Crippen LogP contribution in [-0.4, -0.2) is 53.3 Å². The number of fused-ring (bicyclic) bond motifs is 1. The number of ether oxygens (including phenoxy) is 1. The number of primary amides is 1. The molecule has 13 heteroatoms. The summed E-state index contributed by atoms with van der Waals surface area (Å²) >= 11 is 6.44. The molecule has 4 aromatic carbocycles. The fourth-order valence-corrected chi connectivity index (χ4v) is 6.83. The monoisotopic (exact) mass is 770 g/mol. The number of H-pyrrole nitrogens is 1. The molecule has 9 nitrogen and oxygen atoms in total. The summed E-state index contributed by atoms with van der Waals surface area (Å²) in [6.45, 7) is 5.48. The number of aromatic amines is 1. The SMILES string of the molecule is COCC(C)(C)C1=CC=CC(N(C(=O)c2ccccc2C(F)(F)F)c2cccc(Cl)c2C)C1C(=O)C(=O)c1ccccc1.NC(=O)c1cccc2[nH]ncc12. The zero-order valence-corrected chi connectivity index (χ0v) is 31.1. The number of hydrogen-bond acceptors (Lipinski definition) is 6. The molecule has 0 saturated heterocycles. The Morgan fingerprint density at radius 1 is 0.909 bits per heavy atom. The van der Waals surface area contributed by atoms with E-state index in [1.54, 1.807) is 79.9 Å². The molecule has 0 radical (unpaired) electrons. The Morgan fingerprint density at radius 2 is 1.56 bits per heavy atom. The molecule has 6 rings (SSSR count). The number of rotatable bonds is 10. The molecule has 5 aromatic rings. The molecule has 0 bridgehead atoms. The van der Waals surface area contributed by atoms with E-state index in [1.807, 2.05) is 19.9 Å². The standard InChI is InChI=1S/C34H31ClF3NO4.C8H7N3O/c1-21-26(35)17-11-18-27(21)39(32(42)23-14-8-9-15-24(23)34(36,37)38)28-19-10-16-25(33(2,3)20-43-4)29(28)31(41)30(40)22-12-6-5-7-13-22;9-8(12)5-2-1-3-7-6(5)4-10-11-7/h5-19,28-29H,20H2,1-4H3;1-4H,(H2,9,12)(H,10,11). The van der Waals surface area contributed by atoms with Gasteiger partial charge in [0.15, 0.2) is 0 Å².